The Kier molecular flexibility index (Phi) is 4.33. The Morgan fingerprint density at radius 1 is 1.30 bits per heavy atom. The van der Waals surface area contributed by atoms with Gasteiger partial charge >= 0.3 is 0 Å². The summed E-state index contributed by atoms with van der Waals surface area (Å²) >= 11 is 0. The van der Waals surface area contributed by atoms with Gasteiger partial charge in [-0.3, -0.25) is 4.79 Å². The zero-order valence-electron chi connectivity index (χ0n) is 12.7. The second-order valence-corrected chi connectivity index (χ2v) is 5.97. The molecule has 1 aliphatic rings. The summed E-state index contributed by atoms with van der Waals surface area (Å²) in [5.74, 6) is -0.133. The fraction of sp³-hybridized carbons (Fsp3) is 0.562. The largest absolute Gasteiger partial charge is 0.382 e. The zero-order valence-corrected chi connectivity index (χ0v) is 12.7. The molecule has 1 aromatic rings. The highest BCUT2D eigenvalue weighted by molar-refractivity contribution is 5.94. The Morgan fingerprint density at radius 3 is 2.55 bits per heavy atom. The van der Waals surface area contributed by atoms with Crippen LogP contribution in [-0.2, 0) is 9.53 Å². The van der Waals surface area contributed by atoms with Gasteiger partial charge in [-0.2, -0.15) is 0 Å². The molecule has 0 bridgehead atoms. The van der Waals surface area contributed by atoms with Crippen molar-refractivity contribution in [1.82, 2.24) is 0 Å². The second kappa shape index (κ2) is 5.83. The maximum atomic E-state index is 11.8. The van der Waals surface area contributed by atoms with E-state index in [1.807, 2.05) is 24.3 Å². The lowest BCUT2D eigenvalue weighted by atomic mass is 10.0. The molecular weight excluding hydrogens is 252 g/mol. The van der Waals surface area contributed by atoms with E-state index in [-0.39, 0.29) is 5.91 Å². The van der Waals surface area contributed by atoms with Crippen molar-refractivity contribution in [1.29, 1.82) is 0 Å². The molecule has 2 rings (SSSR count). The molecule has 20 heavy (non-hydrogen) atoms. The normalized spacial score (nSPS) is 19.0. The van der Waals surface area contributed by atoms with E-state index in [4.69, 9.17) is 4.74 Å². The minimum Gasteiger partial charge on any atom is -0.382 e. The summed E-state index contributed by atoms with van der Waals surface area (Å²) in [6.45, 7) is 6.25. The fourth-order valence-electron chi connectivity index (χ4n) is 2.09. The van der Waals surface area contributed by atoms with Crippen LogP contribution in [0.2, 0.25) is 0 Å². The first-order valence-corrected chi connectivity index (χ1v) is 7.15. The molecule has 1 amide bonds. The lowest BCUT2D eigenvalue weighted by Gasteiger charge is -2.22. The smallest absolute Gasteiger partial charge is 0.253 e. The first-order chi connectivity index (χ1) is 9.44. The third-order valence-electron chi connectivity index (χ3n) is 4.32. The number of hydrogen-bond acceptors (Lipinski definition) is 3. The maximum Gasteiger partial charge on any atom is 0.253 e. The molecule has 0 spiro atoms. The average molecular weight is 276 g/mol. The Balaban J connectivity index is 1.99. The average Bonchev–Trinajstić information content (AvgIpc) is 3.17. The van der Waals surface area contributed by atoms with Crippen LogP contribution < -0.4 is 10.6 Å². The van der Waals surface area contributed by atoms with E-state index < -0.39 is 6.10 Å². The van der Waals surface area contributed by atoms with Gasteiger partial charge in [0.25, 0.3) is 5.91 Å². The van der Waals surface area contributed by atoms with Crippen LogP contribution in [0.4, 0.5) is 11.4 Å². The summed E-state index contributed by atoms with van der Waals surface area (Å²) < 4.78 is 5.00. The minimum atomic E-state index is -0.448. The topological polar surface area (TPSA) is 50.4 Å². The summed E-state index contributed by atoms with van der Waals surface area (Å²) in [4.78, 5) is 11.8. The molecule has 4 heteroatoms. The summed E-state index contributed by atoms with van der Waals surface area (Å²) in [7, 11) is 1.53. The van der Waals surface area contributed by atoms with Crippen molar-refractivity contribution in [2.24, 2.45) is 5.41 Å². The lowest BCUT2D eigenvalue weighted by Crippen LogP contribution is -2.27. The van der Waals surface area contributed by atoms with Gasteiger partial charge in [0, 0.05) is 24.5 Å². The Bertz CT molecular complexity index is 483. The highest BCUT2D eigenvalue weighted by Gasteiger charge is 2.42. The standard InChI is InChI=1S/C16H24N2O2/c1-11(20-4)15(19)18-14-7-5-6-13(10-14)17-12(2)16(3)8-9-16/h5-7,10-12,17H,8-9H2,1-4H3,(H,18,19)/t11-,12+/m0/s1. The predicted molar refractivity (Wildman–Crippen MR) is 82.0 cm³/mol. The van der Waals surface area contributed by atoms with Gasteiger partial charge in [-0.15, -0.1) is 0 Å². The van der Waals surface area contributed by atoms with Crippen molar-refractivity contribution < 1.29 is 9.53 Å². The Hall–Kier alpha value is -1.55. The van der Waals surface area contributed by atoms with Crippen molar-refractivity contribution in [3.8, 4) is 0 Å². The molecule has 2 atom stereocenters. The van der Waals surface area contributed by atoms with Crippen LogP contribution in [0.1, 0.15) is 33.6 Å². The first-order valence-electron chi connectivity index (χ1n) is 7.15. The molecule has 1 fully saturated rings. The Morgan fingerprint density at radius 2 is 1.95 bits per heavy atom. The van der Waals surface area contributed by atoms with Crippen LogP contribution in [0.5, 0.6) is 0 Å². The van der Waals surface area contributed by atoms with Crippen molar-refractivity contribution in [3.63, 3.8) is 0 Å². The zero-order chi connectivity index (χ0) is 14.8. The van der Waals surface area contributed by atoms with E-state index in [1.165, 1.54) is 20.0 Å². The van der Waals surface area contributed by atoms with Gasteiger partial charge in [-0.1, -0.05) is 13.0 Å². The molecule has 1 saturated carbocycles. The number of amides is 1. The molecule has 0 radical (unpaired) electrons. The van der Waals surface area contributed by atoms with Gasteiger partial charge in [-0.05, 0) is 50.3 Å². The number of ether oxygens (including phenoxy) is 1. The van der Waals surface area contributed by atoms with Crippen molar-refractivity contribution in [2.45, 2.75) is 45.8 Å². The maximum absolute atomic E-state index is 11.8. The minimum absolute atomic E-state index is 0.133. The van der Waals surface area contributed by atoms with E-state index >= 15 is 0 Å². The molecule has 1 aromatic carbocycles. The molecule has 2 N–H and O–H groups in total. The quantitative estimate of drug-likeness (QED) is 0.838. The number of benzene rings is 1. The number of rotatable bonds is 6. The first kappa shape index (κ1) is 14.9. The van der Waals surface area contributed by atoms with E-state index in [2.05, 4.69) is 24.5 Å². The second-order valence-electron chi connectivity index (χ2n) is 5.97. The van der Waals surface area contributed by atoms with E-state index in [0.29, 0.717) is 11.5 Å². The number of anilines is 2. The van der Waals surface area contributed by atoms with Gasteiger partial charge in [0.2, 0.25) is 0 Å². The van der Waals surface area contributed by atoms with Gasteiger partial charge < -0.3 is 15.4 Å². The van der Waals surface area contributed by atoms with Gasteiger partial charge in [0.15, 0.2) is 0 Å². The van der Waals surface area contributed by atoms with Crippen LogP contribution in [0, 0.1) is 5.41 Å². The van der Waals surface area contributed by atoms with Crippen LogP contribution >= 0.6 is 0 Å². The van der Waals surface area contributed by atoms with Crippen LogP contribution in [0.15, 0.2) is 24.3 Å². The van der Waals surface area contributed by atoms with Crippen molar-refractivity contribution in [2.75, 3.05) is 17.7 Å². The van der Waals surface area contributed by atoms with Crippen LogP contribution in [0.3, 0.4) is 0 Å². The number of methoxy groups -OCH3 is 1. The molecule has 0 aliphatic heterocycles. The summed E-state index contributed by atoms with van der Waals surface area (Å²) in [6.07, 6.45) is 2.11. The molecule has 0 unspecified atom stereocenters. The van der Waals surface area contributed by atoms with Crippen LogP contribution in [-0.4, -0.2) is 25.2 Å². The Labute approximate surface area is 120 Å². The van der Waals surface area contributed by atoms with Crippen molar-refractivity contribution in [3.05, 3.63) is 24.3 Å². The highest BCUT2D eigenvalue weighted by atomic mass is 16.5. The molecule has 110 valence electrons. The summed E-state index contributed by atoms with van der Waals surface area (Å²) in [5, 5.41) is 6.38. The number of carbonyl (C=O) groups excluding carboxylic acids is 1. The van der Waals surface area contributed by atoms with E-state index in [9.17, 15) is 4.79 Å². The summed E-state index contributed by atoms with van der Waals surface area (Å²) in [6, 6.07) is 8.25. The van der Waals surface area contributed by atoms with E-state index in [0.717, 1.165) is 11.4 Å². The summed E-state index contributed by atoms with van der Waals surface area (Å²) in [5.41, 5.74) is 2.25. The predicted octanol–water partition coefficient (Wildman–Crippen LogP) is 3.26. The lowest BCUT2D eigenvalue weighted by molar-refractivity contribution is -0.124. The molecule has 0 aromatic heterocycles. The van der Waals surface area contributed by atoms with Crippen LogP contribution in [0.25, 0.3) is 0 Å². The highest BCUT2D eigenvalue weighted by Crippen LogP contribution is 2.48. The number of carbonyl (C=O) groups is 1. The third kappa shape index (κ3) is 3.51. The van der Waals surface area contributed by atoms with Gasteiger partial charge in [0.05, 0.1) is 0 Å². The van der Waals surface area contributed by atoms with Gasteiger partial charge in [0.1, 0.15) is 6.10 Å². The molecule has 4 nitrogen and oxygen atoms in total. The van der Waals surface area contributed by atoms with Gasteiger partial charge in [-0.25, -0.2) is 0 Å². The number of hydrogen-bond donors (Lipinski definition) is 2. The SMILES string of the molecule is CO[C@@H](C)C(=O)Nc1cccc(N[C@H](C)C2(C)CC2)c1. The molecular formula is C16H24N2O2. The molecule has 0 saturated heterocycles. The third-order valence-corrected chi connectivity index (χ3v) is 4.32. The van der Waals surface area contributed by atoms with E-state index in [1.54, 1.807) is 6.92 Å². The molecule has 1 aliphatic carbocycles. The monoisotopic (exact) mass is 276 g/mol. The number of nitrogens with one attached hydrogen (secondary N) is 2. The van der Waals surface area contributed by atoms with Crippen molar-refractivity contribution >= 4 is 17.3 Å². The molecule has 0 heterocycles. The fourth-order valence-corrected chi connectivity index (χ4v) is 2.09.